The Labute approximate surface area is 165 Å². The number of halogens is 1. The number of carbonyl (C=O) groups is 2. The number of anilines is 1. The maximum absolute atomic E-state index is 13.2. The molecule has 0 spiro atoms. The molecule has 0 saturated carbocycles. The van der Waals surface area contributed by atoms with Crippen molar-refractivity contribution in [3.63, 3.8) is 0 Å². The number of benzene rings is 2. The average Bonchev–Trinajstić information content (AvgIpc) is 2.74. The van der Waals surface area contributed by atoms with E-state index in [-0.39, 0.29) is 23.5 Å². The van der Waals surface area contributed by atoms with E-state index in [0.29, 0.717) is 38.2 Å². The third-order valence-electron chi connectivity index (χ3n) is 5.09. The van der Waals surface area contributed by atoms with Crippen molar-refractivity contribution in [2.24, 2.45) is 5.92 Å². The first-order valence-electron chi connectivity index (χ1n) is 9.67. The van der Waals surface area contributed by atoms with Gasteiger partial charge in [-0.15, -0.1) is 0 Å². The zero-order valence-corrected chi connectivity index (χ0v) is 16.1. The number of carbonyl (C=O) groups excluding carboxylic acids is 2. The van der Waals surface area contributed by atoms with Crippen LogP contribution in [-0.2, 0) is 9.59 Å². The Morgan fingerprint density at radius 2 is 1.71 bits per heavy atom. The second-order valence-corrected chi connectivity index (χ2v) is 6.90. The van der Waals surface area contributed by atoms with Gasteiger partial charge in [-0.3, -0.25) is 9.59 Å². The first kappa shape index (κ1) is 19.8. The highest BCUT2D eigenvalue weighted by molar-refractivity contribution is 5.95. The zero-order valence-electron chi connectivity index (χ0n) is 16.1. The normalized spacial score (nSPS) is 15.0. The second-order valence-electron chi connectivity index (χ2n) is 6.90. The Bertz CT molecular complexity index is 825. The molecule has 2 amide bonds. The molecule has 146 valence electrons. The predicted octanol–water partition coefficient (Wildman–Crippen LogP) is 4.13. The van der Waals surface area contributed by atoms with Crippen molar-refractivity contribution in [1.82, 2.24) is 4.90 Å². The molecule has 28 heavy (non-hydrogen) atoms. The van der Waals surface area contributed by atoms with Crippen molar-refractivity contribution in [3.8, 4) is 0 Å². The summed E-state index contributed by atoms with van der Waals surface area (Å²) in [6.07, 6.45) is 4.68. The number of nitrogens with zero attached hydrogens (tertiary/aromatic N) is 2. The molecular weight excluding hydrogens is 355 g/mol. The third kappa shape index (κ3) is 4.85. The number of likely N-dealkylation sites (tertiary alicyclic amines) is 1. The molecule has 0 unspecified atom stereocenters. The Morgan fingerprint density at radius 1 is 1.07 bits per heavy atom. The van der Waals surface area contributed by atoms with Crippen molar-refractivity contribution < 1.29 is 14.0 Å². The van der Waals surface area contributed by atoms with E-state index in [1.165, 1.54) is 12.1 Å². The standard InChI is InChI=1S/C23H25FN2O2/c1-2-26(21-11-9-20(24)10-12-21)23(28)19-14-16-25(17-15-19)22(27)13-8-18-6-4-3-5-7-18/h3-13,19H,2,14-17H2,1H3/b13-8-. The average molecular weight is 380 g/mol. The van der Waals surface area contributed by atoms with Gasteiger partial charge in [0.2, 0.25) is 11.8 Å². The molecule has 2 aromatic rings. The molecule has 0 N–H and O–H groups in total. The number of hydrogen-bond acceptors (Lipinski definition) is 2. The van der Waals surface area contributed by atoms with Gasteiger partial charge in [0.15, 0.2) is 0 Å². The second kappa shape index (κ2) is 9.31. The quantitative estimate of drug-likeness (QED) is 0.732. The first-order chi connectivity index (χ1) is 13.6. The molecule has 2 aromatic carbocycles. The first-order valence-corrected chi connectivity index (χ1v) is 9.67. The molecule has 0 bridgehead atoms. The topological polar surface area (TPSA) is 40.6 Å². The minimum absolute atomic E-state index is 0.0272. The van der Waals surface area contributed by atoms with Crippen LogP contribution in [0.1, 0.15) is 25.3 Å². The molecule has 5 heteroatoms. The summed E-state index contributed by atoms with van der Waals surface area (Å²) in [6, 6.07) is 15.7. The van der Waals surface area contributed by atoms with Crippen LogP contribution in [0.5, 0.6) is 0 Å². The summed E-state index contributed by atoms with van der Waals surface area (Å²) in [5.74, 6) is -0.420. The van der Waals surface area contributed by atoms with Crippen LogP contribution >= 0.6 is 0 Å². The van der Waals surface area contributed by atoms with Crippen LogP contribution in [0, 0.1) is 11.7 Å². The molecule has 0 atom stereocenters. The predicted molar refractivity (Wildman–Crippen MR) is 109 cm³/mol. The molecule has 0 aromatic heterocycles. The Kier molecular flexibility index (Phi) is 6.58. The summed E-state index contributed by atoms with van der Waals surface area (Å²) < 4.78 is 13.2. The summed E-state index contributed by atoms with van der Waals surface area (Å²) >= 11 is 0. The van der Waals surface area contributed by atoms with Gasteiger partial charge >= 0.3 is 0 Å². The highest BCUT2D eigenvalue weighted by Gasteiger charge is 2.29. The van der Waals surface area contributed by atoms with Gasteiger partial charge in [-0.25, -0.2) is 4.39 Å². The molecule has 1 aliphatic rings. The van der Waals surface area contributed by atoms with Crippen LogP contribution < -0.4 is 4.90 Å². The van der Waals surface area contributed by atoms with Gasteiger partial charge in [-0.05, 0) is 55.7 Å². The number of amides is 2. The summed E-state index contributed by atoms with van der Waals surface area (Å²) in [5, 5.41) is 0. The summed E-state index contributed by atoms with van der Waals surface area (Å²) in [7, 11) is 0. The largest absolute Gasteiger partial charge is 0.339 e. The van der Waals surface area contributed by atoms with Crippen LogP contribution in [0.15, 0.2) is 60.7 Å². The van der Waals surface area contributed by atoms with E-state index in [2.05, 4.69) is 0 Å². The van der Waals surface area contributed by atoms with Crippen molar-refractivity contribution in [1.29, 1.82) is 0 Å². The molecule has 1 heterocycles. The molecule has 3 rings (SSSR count). The van der Waals surface area contributed by atoms with Gasteiger partial charge in [0.1, 0.15) is 5.82 Å². The lowest BCUT2D eigenvalue weighted by Gasteiger charge is -2.33. The fourth-order valence-corrected chi connectivity index (χ4v) is 3.49. The maximum atomic E-state index is 13.2. The molecule has 4 nitrogen and oxygen atoms in total. The highest BCUT2D eigenvalue weighted by atomic mass is 19.1. The minimum atomic E-state index is -0.317. The Morgan fingerprint density at radius 3 is 2.32 bits per heavy atom. The molecular formula is C23H25FN2O2. The SMILES string of the molecule is CCN(C(=O)C1CCN(C(=O)/C=C\c2ccccc2)CC1)c1ccc(F)cc1. The van der Waals surface area contributed by atoms with Gasteiger partial charge in [0.05, 0.1) is 0 Å². The third-order valence-corrected chi connectivity index (χ3v) is 5.09. The number of hydrogen-bond donors (Lipinski definition) is 0. The molecule has 0 radical (unpaired) electrons. The van der Waals surface area contributed by atoms with E-state index in [1.54, 1.807) is 28.0 Å². The fraction of sp³-hybridized carbons (Fsp3) is 0.304. The van der Waals surface area contributed by atoms with Gasteiger partial charge < -0.3 is 9.80 Å². The maximum Gasteiger partial charge on any atom is 0.246 e. The number of piperidine rings is 1. The van der Waals surface area contributed by atoms with Gasteiger partial charge in [0.25, 0.3) is 0 Å². The fourth-order valence-electron chi connectivity index (χ4n) is 3.49. The van der Waals surface area contributed by atoms with Crippen LogP contribution in [-0.4, -0.2) is 36.3 Å². The van der Waals surface area contributed by atoms with Crippen LogP contribution in [0.3, 0.4) is 0 Å². The van der Waals surface area contributed by atoms with Gasteiger partial charge in [0, 0.05) is 37.3 Å². The van der Waals surface area contributed by atoms with E-state index in [0.717, 1.165) is 5.56 Å². The Balaban J connectivity index is 1.56. The lowest BCUT2D eigenvalue weighted by atomic mass is 9.95. The molecule has 1 saturated heterocycles. The van der Waals surface area contributed by atoms with Gasteiger partial charge in [-0.2, -0.15) is 0 Å². The van der Waals surface area contributed by atoms with E-state index in [4.69, 9.17) is 0 Å². The highest BCUT2D eigenvalue weighted by Crippen LogP contribution is 2.24. The summed E-state index contributed by atoms with van der Waals surface area (Å²) in [6.45, 7) is 3.57. The lowest BCUT2D eigenvalue weighted by molar-refractivity contribution is -0.130. The lowest BCUT2D eigenvalue weighted by Crippen LogP contribution is -2.44. The van der Waals surface area contributed by atoms with Crippen LogP contribution in [0.25, 0.3) is 6.08 Å². The molecule has 1 aliphatic heterocycles. The molecule has 0 aliphatic carbocycles. The zero-order chi connectivity index (χ0) is 19.9. The van der Waals surface area contributed by atoms with E-state index >= 15 is 0 Å². The van der Waals surface area contributed by atoms with Gasteiger partial charge in [-0.1, -0.05) is 30.3 Å². The number of rotatable bonds is 5. The summed E-state index contributed by atoms with van der Waals surface area (Å²) in [5.41, 5.74) is 1.69. The van der Waals surface area contributed by atoms with Crippen LogP contribution in [0.4, 0.5) is 10.1 Å². The minimum Gasteiger partial charge on any atom is -0.339 e. The summed E-state index contributed by atoms with van der Waals surface area (Å²) in [4.78, 5) is 28.8. The van der Waals surface area contributed by atoms with Crippen molar-refractivity contribution >= 4 is 23.6 Å². The van der Waals surface area contributed by atoms with Crippen molar-refractivity contribution in [2.75, 3.05) is 24.5 Å². The van der Waals surface area contributed by atoms with Crippen LogP contribution in [0.2, 0.25) is 0 Å². The van der Waals surface area contributed by atoms with E-state index in [9.17, 15) is 14.0 Å². The van der Waals surface area contributed by atoms with E-state index in [1.807, 2.05) is 43.3 Å². The van der Waals surface area contributed by atoms with Crippen molar-refractivity contribution in [3.05, 3.63) is 72.1 Å². The van der Waals surface area contributed by atoms with E-state index < -0.39 is 0 Å². The monoisotopic (exact) mass is 380 g/mol. The molecule has 1 fully saturated rings. The van der Waals surface area contributed by atoms with Crippen molar-refractivity contribution in [2.45, 2.75) is 19.8 Å². The smallest absolute Gasteiger partial charge is 0.246 e. The Hall–Kier alpha value is -2.95.